The molecular weight excluding hydrogens is 260 g/mol. The van der Waals surface area contributed by atoms with Gasteiger partial charge in [-0.05, 0) is 47.5 Å². The van der Waals surface area contributed by atoms with Crippen LogP contribution in [0.1, 0.15) is 47.5 Å². The molecule has 116 valence electrons. The molecule has 0 bridgehead atoms. The van der Waals surface area contributed by atoms with E-state index in [1.807, 2.05) is 34.6 Å². The molecular formula is C14H26N2O4. The van der Waals surface area contributed by atoms with E-state index in [0.29, 0.717) is 6.42 Å². The van der Waals surface area contributed by atoms with Gasteiger partial charge in [0.05, 0.1) is 7.11 Å². The maximum absolute atomic E-state index is 12.4. The van der Waals surface area contributed by atoms with Crippen LogP contribution >= 0.6 is 0 Å². The SMILES string of the molecule is CON(C)C(=O)C1CCC(C)(C)N1C(=O)OC(C)(C)C. The summed E-state index contributed by atoms with van der Waals surface area (Å²) in [5.74, 6) is -0.232. The largest absolute Gasteiger partial charge is 0.444 e. The summed E-state index contributed by atoms with van der Waals surface area (Å²) in [5, 5.41) is 1.16. The minimum Gasteiger partial charge on any atom is -0.444 e. The van der Waals surface area contributed by atoms with Crippen molar-refractivity contribution in [1.82, 2.24) is 9.96 Å². The Labute approximate surface area is 121 Å². The van der Waals surface area contributed by atoms with Gasteiger partial charge in [-0.2, -0.15) is 0 Å². The standard InChI is InChI=1S/C14H26N2O4/c1-13(2,3)20-12(18)16-10(8-9-14(16,4)5)11(17)15(6)19-7/h10H,8-9H2,1-7H3. The van der Waals surface area contributed by atoms with Crippen LogP contribution in [0, 0.1) is 0 Å². The fourth-order valence-corrected chi connectivity index (χ4v) is 2.38. The summed E-state index contributed by atoms with van der Waals surface area (Å²) in [6.07, 6.45) is 0.904. The fraction of sp³-hybridized carbons (Fsp3) is 0.857. The molecule has 6 nitrogen and oxygen atoms in total. The first-order chi connectivity index (χ1) is 8.99. The summed E-state index contributed by atoms with van der Waals surface area (Å²) < 4.78 is 5.43. The summed E-state index contributed by atoms with van der Waals surface area (Å²) in [5.41, 5.74) is -0.992. The van der Waals surface area contributed by atoms with Crippen molar-refractivity contribution in [2.75, 3.05) is 14.2 Å². The van der Waals surface area contributed by atoms with Crippen LogP contribution in [0.5, 0.6) is 0 Å². The second-order valence-corrected chi connectivity index (χ2v) is 6.74. The lowest BCUT2D eigenvalue weighted by Gasteiger charge is -2.37. The Morgan fingerprint density at radius 1 is 1.30 bits per heavy atom. The number of hydroxylamine groups is 2. The normalized spacial score (nSPS) is 21.8. The Hall–Kier alpha value is -1.30. The van der Waals surface area contributed by atoms with E-state index in [1.165, 1.54) is 12.0 Å². The van der Waals surface area contributed by atoms with E-state index < -0.39 is 23.3 Å². The molecule has 1 unspecified atom stereocenters. The second-order valence-electron chi connectivity index (χ2n) is 6.74. The summed E-state index contributed by atoms with van der Waals surface area (Å²) in [6.45, 7) is 9.32. The van der Waals surface area contributed by atoms with Crippen molar-refractivity contribution in [3.05, 3.63) is 0 Å². The number of likely N-dealkylation sites (tertiary alicyclic amines) is 1. The molecule has 0 spiro atoms. The second kappa shape index (κ2) is 5.60. The molecule has 0 aromatic heterocycles. The number of amides is 2. The van der Waals surface area contributed by atoms with E-state index in [1.54, 1.807) is 7.05 Å². The number of carbonyl (C=O) groups excluding carboxylic acids is 2. The van der Waals surface area contributed by atoms with E-state index in [-0.39, 0.29) is 5.91 Å². The lowest BCUT2D eigenvalue weighted by atomic mass is 10.0. The number of likely N-dealkylation sites (N-methyl/N-ethyl adjacent to an activating group) is 1. The highest BCUT2D eigenvalue weighted by Gasteiger charge is 2.48. The zero-order chi connectivity index (χ0) is 15.7. The van der Waals surface area contributed by atoms with Crippen LogP contribution in [0.3, 0.4) is 0 Å². The van der Waals surface area contributed by atoms with Crippen LogP contribution in [0.2, 0.25) is 0 Å². The van der Waals surface area contributed by atoms with Gasteiger partial charge < -0.3 is 4.74 Å². The van der Waals surface area contributed by atoms with Gasteiger partial charge in [0.1, 0.15) is 11.6 Å². The highest BCUT2D eigenvalue weighted by molar-refractivity contribution is 5.86. The van der Waals surface area contributed by atoms with E-state index in [4.69, 9.17) is 9.57 Å². The molecule has 1 rings (SSSR count). The van der Waals surface area contributed by atoms with Crippen LogP contribution in [0.25, 0.3) is 0 Å². The Morgan fingerprint density at radius 2 is 1.85 bits per heavy atom. The average molecular weight is 286 g/mol. The van der Waals surface area contributed by atoms with Gasteiger partial charge >= 0.3 is 6.09 Å². The van der Waals surface area contributed by atoms with Gasteiger partial charge in [0.15, 0.2) is 0 Å². The maximum Gasteiger partial charge on any atom is 0.411 e. The third-order valence-electron chi connectivity index (χ3n) is 3.45. The number of hydrogen-bond acceptors (Lipinski definition) is 4. The summed E-state index contributed by atoms with van der Waals surface area (Å²) >= 11 is 0. The van der Waals surface area contributed by atoms with Crippen molar-refractivity contribution in [2.45, 2.75) is 64.6 Å². The Morgan fingerprint density at radius 3 is 2.30 bits per heavy atom. The highest BCUT2D eigenvalue weighted by atomic mass is 16.7. The van der Waals surface area contributed by atoms with Crippen LogP contribution in [0.4, 0.5) is 4.79 Å². The number of hydrogen-bond donors (Lipinski definition) is 0. The van der Waals surface area contributed by atoms with E-state index in [0.717, 1.165) is 11.5 Å². The molecule has 0 N–H and O–H groups in total. The van der Waals surface area contributed by atoms with Gasteiger partial charge in [-0.25, -0.2) is 9.86 Å². The minimum atomic E-state index is -0.587. The Bertz CT molecular complexity index is 387. The highest BCUT2D eigenvalue weighted by Crippen LogP contribution is 2.35. The van der Waals surface area contributed by atoms with Crippen molar-refractivity contribution in [3.63, 3.8) is 0 Å². The number of rotatable bonds is 2. The number of ether oxygens (including phenoxy) is 1. The molecule has 0 radical (unpaired) electrons. The summed E-state index contributed by atoms with van der Waals surface area (Å²) in [4.78, 5) is 31.2. The summed E-state index contributed by atoms with van der Waals surface area (Å²) in [6, 6.07) is -0.537. The first-order valence-corrected chi connectivity index (χ1v) is 6.83. The smallest absolute Gasteiger partial charge is 0.411 e. The summed E-state index contributed by atoms with van der Waals surface area (Å²) in [7, 11) is 2.97. The molecule has 1 aliphatic heterocycles. The van der Waals surface area contributed by atoms with Gasteiger partial charge in [-0.1, -0.05) is 0 Å². The van der Waals surface area contributed by atoms with E-state index in [2.05, 4.69) is 0 Å². The Balaban J connectivity index is 2.97. The van der Waals surface area contributed by atoms with Gasteiger partial charge in [-0.3, -0.25) is 14.5 Å². The lowest BCUT2D eigenvalue weighted by molar-refractivity contribution is -0.174. The molecule has 1 atom stereocenters. The van der Waals surface area contributed by atoms with Gasteiger partial charge in [0, 0.05) is 12.6 Å². The molecule has 2 amide bonds. The molecule has 0 aromatic rings. The third kappa shape index (κ3) is 3.62. The minimum absolute atomic E-state index is 0.232. The zero-order valence-corrected chi connectivity index (χ0v) is 13.5. The third-order valence-corrected chi connectivity index (χ3v) is 3.45. The monoisotopic (exact) mass is 286 g/mol. The van der Waals surface area contributed by atoms with Crippen LogP contribution in [0.15, 0.2) is 0 Å². The maximum atomic E-state index is 12.4. The Kier molecular flexibility index (Phi) is 4.69. The number of carbonyl (C=O) groups is 2. The molecule has 0 aromatic carbocycles. The quantitative estimate of drug-likeness (QED) is 0.730. The van der Waals surface area contributed by atoms with Crippen LogP contribution in [-0.4, -0.2) is 53.3 Å². The molecule has 0 aliphatic carbocycles. The van der Waals surface area contributed by atoms with E-state index in [9.17, 15) is 9.59 Å². The number of nitrogens with zero attached hydrogens (tertiary/aromatic N) is 2. The molecule has 1 aliphatic rings. The molecule has 0 saturated carbocycles. The van der Waals surface area contributed by atoms with Crippen LogP contribution < -0.4 is 0 Å². The molecule has 6 heteroatoms. The van der Waals surface area contributed by atoms with Crippen molar-refractivity contribution in [3.8, 4) is 0 Å². The van der Waals surface area contributed by atoms with Gasteiger partial charge in [0.2, 0.25) is 0 Å². The average Bonchev–Trinajstić information content (AvgIpc) is 2.60. The predicted octanol–water partition coefficient (Wildman–Crippen LogP) is 2.18. The fourth-order valence-electron chi connectivity index (χ4n) is 2.38. The first kappa shape index (κ1) is 16.8. The van der Waals surface area contributed by atoms with Gasteiger partial charge in [-0.15, -0.1) is 0 Å². The van der Waals surface area contributed by atoms with Crippen molar-refractivity contribution in [2.24, 2.45) is 0 Å². The van der Waals surface area contributed by atoms with Crippen molar-refractivity contribution >= 4 is 12.0 Å². The van der Waals surface area contributed by atoms with Gasteiger partial charge in [0.25, 0.3) is 5.91 Å². The van der Waals surface area contributed by atoms with Crippen LogP contribution in [-0.2, 0) is 14.4 Å². The molecule has 20 heavy (non-hydrogen) atoms. The zero-order valence-electron chi connectivity index (χ0n) is 13.5. The van der Waals surface area contributed by atoms with Crippen molar-refractivity contribution in [1.29, 1.82) is 0 Å². The first-order valence-electron chi connectivity index (χ1n) is 6.83. The lowest BCUT2D eigenvalue weighted by Crippen LogP contribution is -2.54. The molecule has 1 heterocycles. The van der Waals surface area contributed by atoms with E-state index >= 15 is 0 Å². The topological polar surface area (TPSA) is 59.1 Å². The van der Waals surface area contributed by atoms with Crippen molar-refractivity contribution < 1.29 is 19.2 Å². The predicted molar refractivity (Wildman–Crippen MR) is 75.0 cm³/mol. The molecule has 1 saturated heterocycles. The molecule has 1 fully saturated rings.